The maximum absolute atomic E-state index is 4.96. The van der Waals surface area contributed by atoms with Crippen LogP contribution in [0.4, 0.5) is 0 Å². The third-order valence-corrected chi connectivity index (χ3v) is 1.68. The normalized spacial score (nSPS) is 9.50. The summed E-state index contributed by atoms with van der Waals surface area (Å²) in [5, 5.41) is 0. The zero-order valence-electron chi connectivity index (χ0n) is 5.89. The van der Waals surface area contributed by atoms with Gasteiger partial charge in [0, 0.05) is 6.07 Å². The quantitative estimate of drug-likeness (QED) is 0.561. The Labute approximate surface area is 73.8 Å². The van der Waals surface area contributed by atoms with Crippen LogP contribution in [0.3, 0.4) is 0 Å². The fourth-order valence-corrected chi connectivity index (χ4v) is 1.43. The highest BCUT2D eigenvalue weighted by atomic mass is 127. The summed E-state index contributed by atoms with van der Waals surface area (Å²) in [4.78, 5) is 4.12. The predicted octanol–water partition coefficient (Wildman–Crippen LogP) is 2.00. The van der Waals surface area contributed by atoms with E-state index in [1.54, 1.807) is 7.11 Å². The van der Waals surface area contributed by atoms with Crippen LogP contribution in [0.5, 0.6) is 5.88 Å². The summed E-state index contributed by atoms with van der Waals surface area (Å²) in [7, 11) is 1.62. The molecule has 0 radical (unpaired) electrons. The molecule has 1 rings (SSSR count). The number of aryl methyl sites for hydroxylation is 1. The fourth-order valence-electron chi connectivity index (χ4n) is 0.699. The van der Waals surface area contributed by atoms with E-state index in [9.17, 15) is 0 Å². The summed E-state index contributed by atoms with van der Waals surface area (Å²) in [6.45, 7) is 2.02. The molecule has 10 heavy (non-hydrogen) atoms. The highest BCUT2D eigenvalue weighted by Gasteiger charge is 1.95. The van der Waals surface area contributed by atoms with Gasteiger partial charge in [-0.1, -0.05) is 0 Å². The first-order valence-electron chi connectivity index (χ1n) is 2.90. The molecule has 0 amide bonds. The minimum Gasteiger partial charge on any atom is -0.481 e. The molecule has 0 fully saturated rings. The van der Waals surface area contributed by atoms with E-state index in [0.29, 0.717) is 5.88 Å². The Kier molecular flexibility index (Phi) is 2.48. The summed E-state index contributed by atoms with van der Waals surface area (Å²) < 4.78 is 5.93. The van der Waals surface area contributed by atoms with E-state index in [2.05, 4.69) is 27.6 Å². The van der Waals surface area contributed by atoms with Crippen molar-refractivity contribution in [3.63, 3.8) is 0 Å². The molecule has 2 nitrogen and oxygen atoms in total. The fraction of sp³-hybridized carbons (Fsp3) is 0.286. The molecule has 0 saturated carbocycles. The van der Waals surface area contributed by atoms with Gasteiger partial charge >= 0.3 is 0 Å². The zero-order valence-corrected chi connectivity index (χ0v) is 8.05. The van der Waals surface area contributed by atoms with Crippen LogP contribution in [-0.4, -0.2) is 12.1 Å². The molecular formula is C7H8INO. The topological polar surface area (TPSA) is 22.1 Å². The molecule has 0 aliphatic rings. The Hall–Kier alpha value is -0.320. The lowest BCUT2D eigenvalue weighted by atomic mass is 10.3. The number of halogens is 1. The second-order valence-electron chi connectivity index (χ2n) is 2.01. The third kappa shape index (κ3) is 1.83. The molecule has 0 aliphatic carbocycles. The lowest BCUT2D eigenvalue weighted by Crippen LogP contribution is -1.89. The molecule has 0 aromatic carbocycles. The minimum atomic E-state index is 0.685. The Morgan fingerprint density at radius 1 is 1.50 bits per heavy atom. The number of aromatic nitrogens is 1. The van der Waals surface area contributed by atoms with Crippen LogP contribution in [0.1, 0.15) is 5.56 Å². The maximum Gasteiger partial charge on any atom is 0.214 e. The van der Waals surface area contributed by atoms with Gasteiger partial charge in [0.2, 0.25) is 5.88 Å². The minimum absolute atomic E-state index is 0.685. The number of nitrogens with zero attached hydrogens (tertiary/aromatic N) is 1. The molecule has 0 N–H and O–H groups in total. The van der Waals surface area contributed by atoms with E-state index in [1.165, 1.54) is 5.56 Å². The van der Waals surface area contributed by atoms with E-state index < -0.39 is 0 Å². The first-order chi connectivity index (χ1) is 4.72. The van der Waals surface area contributed by atoms with Gasteiger partial charge in [-0.05, 0) is 41.1 Å². The van der Waals surface area contributed by atoms with Gasteiger partial charge in [0.1, 0.15) is 3.70 Å². The summed E-state index contributed by atoms with van der Waals surface area (Å²) in [6, 6.07) is 3.91. The molecule has 0 spiro atoms. The van der Waals surface area contributed by atoms with Crippen molar-refractivity contribution in [3.05, 3.63) is 21.4 Å². The van der Waals surface area contributed by atoms with Crippen molar-refractivity contribution < 1.29 is 4.74 Å². The van der Waals surface area contributed by atoms with Crippen LogP contribution in [-0.2, 0) is 0 Å². The van der Waals surface area contributed by atoms with Crippen molar-refractivity contribution in [3.8, 4) is 5.88 Å². The number of ether oxygens (including phenoxy) is 1. The van der Waals surface area contributed by atoms with Gasteiger partial charge in [0.25, 0.3) is 0 Å². The smallest absolute Gasteiger partial charge is 0.214 e. The van der Waals surface area contributed by atoms with Crippen molar-refractivity contribution in [2.75, 3.05) is 7.11 Å². The number of methoxy groups -OCH3 is 1. The average Bonchev–Trinajstić information content (AvgIpc) is 1.85. The summed E-state index contributed by atoms with van der Waals surface area (Å²) in [5.41, 5.74) is 1.18. The van der Waals surface area contributed by atoms with Gasteiger partial charge in [-0.2, -0.15) is 0 Å². The van der Waals surface area contributed by atoms with E-state index in [-0.39, 0.29) is 0 Å². The number of pyridine rings is 1. The second-order valence-corrected chi connectivity index (χ2v) is 3.11. The van der Waals surface area contributed by atoms with Crippen molar-refractivity contribution in [1.29, 1.82) is 0 Å². The van der Waals surface area contributed by atoms with Gasteiger partial charge < -0.3 is 4.74 Å². The van der Waals surface area contributed by atoms with Crippen molar-refractivity contribution in [1.82, 2.24) is 4.98 Å². The Balaban J connectivity index is 3.06. The highest BCUT2D eigenvalue weighted by Crippen LogP contribution is 2.12. The maximum atomic E-state index is 4.96. The standard InChI is InChI=1S/C7H8INO/c1-5-3-6(8)9-7(4-5)10-2/h3-4H,1-2H3. The molecule has 0 saturated heterocycles. The summed E-state index contributed by atoms with van der Waals surface area (Å²) in [6.07, 6.45) is 0. The molecule has 0 aliphatic heterocycles. The number of hydrogen-bond acceptors (Lipinski definition) is 2. The molecule has 0 unspecified atom stereocenters. The highest BCUT2D eigenvalue weighted by molar-refractivity contribution is 14.1. The third-order valence-electron chi connectivity index (χ3n) is 1.12. The SMILES string of the molecule is COc1cc(C)cc(I)n1. The average molecular weight is 249 g/mol. The molecule has 0 atom stereocenters. The number of hydrogen-bond donors (Lipinski definition) is 0. The molecule has 1 aromatic rings. The Morgan fingerprint density at radius 2 is 2.20 bits per heavy atom. The second kappa shape index (κ2) is 3.18. The van der Waals surface area contributed by atoms with Crippen molar-refractivity contribution in [2.45, 2.75) is 6.92 Å². The first kappa shape index (κ1) is 7.78. The van der Waals surface area contributed by atoms with E-state index in [0.717, 1.165) is 3.70 Å². The monoisotopic (exact) mass is 249 g/mol. The molecule has 1 aromatic heterocycles. The molecule has 0 bridgehead atoms. The van der Waals surface area contributed by atoms with Gasteiger partial charge in [0.15, 0.2) is 0 Å². The van der Waals surface area contributed by atoms with Gasteiger partial charge in [-0.3, -0.25) is 0 Å². The molecule has 1 heterocycles. The van der Waals surface area contributed by atoms with Crippen LogP contribution in [0, 0.1) is 10.6 Å². The first-order valence-corrected chi connectivity index (χ1v) is 3.98. The van der Waals surface area contributed by atoms with Crippen molar-refractivity contribution >= 4 is 22.6 Å². The van der Waals surface area contributed by atoms with Crippen LogP contribution in [0.2, 0.25) is 0 Å². The summed E-state index contributed by atoms with van der Waals surface area (Å²) in [5.74, 6) is 0.685. The zero-order chi connectivity index (χ0) is 7.56. The van der Waals surface area contributed by atoms with E-state index in [4.69, 9.17) is 4.74 Å². The Bertz CT molecular complexity index is 217. The molecule has 54 valence electrons. The molecular weight excluding hydrogens is 241 g/mol. The van der Waals surface area contributed by atoms with Crippen LogP contribution in [0.25, 0.3) is 0 Å². The van der Waals surface area contributed by atoms with Gasteiger partial charge in [0.05, 0.1) is 7.11 Å². The lowest BCUT2D eigenvalue weighted by molar-refractivity contribution is 0.396. The lowest BCUT2D eigenvalue weighted by Gasteiger charge is -1.99. The van der Waals surface area contributed by atoms with E-state index >= 15 is 0 Å². The number of rotatable bonds is 1. The van der Waals surface area contributed by atoms with Crippen molar-refractivity contribution in [2.24, 2.45) is 0 Å². The van der Waals surface area contributed by atoms with Gasteiger partial charge in [-0.15, -0.1) is 0 Å². The Morgan fingerprint density at radius 3 is 2.70 bits per heavy atom. The molecule has 3 heteroatoms. The largest absolute Gasteiger partial charge is 0.481 e. The van der Waals surface area contributed by atoms with Crippen LogP contribution < -0.4 is 4.74 Å². The predicted molar refractivity (Wildman–Crippen MR) is 48.2 cm³/mol. The summed E-state index contributed by atoms with van der Waals surface area (Å²) >= 11 is 2.16. The van der Waals surface area contributed by atoms with Gasteiger partial charge in [-0.25, -0.2) is 4.98 Å². The van der Waals surface area contributed by atoms with Crippen LogP contribution >= 0.6 is 22.6 Å². The van der Waals surface area contributed by atoms with E-state index in [1.807, 2.05) is 19.1 Å². The van der Waals surface area contributed by atoms with Crippen LogP contribution in [0.15, 0.2) is 12.1 Å².